The van der Waals surface area contributed by atoms with Gasteiger partial charge in [-0.05, 0) is 24.7 Å². The fourth-order valence-electron chi connectivity index (χ4n) is 2.29. The summed E-state index contributed by atoms with van der Waals surface area (Å²) in [4.78, 5) is 23.7. The number of carbonyl (C=O) groups is 2. The van der Waals surface area contributed by atoms with Gasteiger partial charge in [-0.1, -0.05) is 19.8 Å². The van der Waals surface area contributed by atoms with Crippen molar-refractivity contribution in [1.82, 2.24) is 10.2 Å². The molecule has 1 rings (SSSR count). The number of amides is 2. The molecule has 0 bridgehead atoms. The third kappa shape index (κ3) is 3.66. The minimum absolute atomic E-state index is 0.00872. The summed E-state index contributed by atoms with van der Waals surface area (Å²) < 4.78 is 0. The fourth-order valence-corrected chi connectivity index (χ4v) is 2.29. The van der Waals surface area contributed by atoms with Gasteiger partial charge in [0.15, 0.2) is 0 Å². The highest BCUT2D eigenvalue weighted by atomic mass is 16.4. The summed E-state index contributed by atoms with van der Waals surface area (Å²) in [5.41, 5.74) is 0. The Hall–Kier alpha value is -1.70. The Morgan fingerprint density at radius 2 is 2.11 bits per heavy atom. The molecule has 3 atom stereocenters. The number of terminal acetylenes is 1. The van der Waals surface area contributed by atoms with Crippen LogP contribution in [0.4, 0.5) is 4.79 Å². The highest BCUT2D eigenvalue weighted by molar-refractivity contribution is 5.80. The lowest BCUT2D eigenvalue weighted by Gasteiger charge is -2.24. The van der Waals surface area contributed by atoms with Gasteiger partial charge in [0.05, 0.1) is 6.54 Å². The first-order chi connectivity index (χ1) is 8.45. The number of hydrogen-bond acceptors (Lipinski definition) is 2. The zero-order chi connectivity index (χ0) is 13.7. The second-order valence-electron chi connectivity index (χ2n) is 4.92. The van der Waals surface area contributed by atoms with Crippen LogP contribution in [0.15, 0.2) is 0 Å². The molecule has 0 aromatic rings. The van der Waals surface area contributed by atoms with Crippen LogP contribution in [0.1, 0.15) is 26.7 Å². The number of hydrogen-bond donors (Lipinski definition) is 2. The maximum atomic E-state index is 11.9. The number of nitrogens with zero attached hydrogens (tertiary/aromatic N) is 1. The van der Waals surface area contributed by atoms with Crippen molar-refractivity contribution in [3.8, 4) is 12.3 Å². The van der Waals surface area contributed by atoms with E-state index in [4.69, 9.17) is 11.5 Å². The monoisotopic (exact) mass is 252 g/mol. The predicted molar refractivity (Wildman–Crippen MR) is 67.9 cm³/mol. The maximum Gasteiger partial charge on any atom is 0.323 e. The van der Waals surface area contributed by atoms with Crippen LogP contribution in [0.3, 0.4) is 0 Å². The smallest absolute Gasteiger partial charge is 0.323 e. The van der Waals surface area contributed by atoms with Gasteiger partial charge in [-0.15, -0.1) is 6.42 Å². The minimum Gasteiger partial charge on any atom is -0.480 e. The van der Waals surface area contributed by atoms with E-state index < -0.39 is 5.97 Å². The van der Waals surface area contributed by atoms with Crippen LogP contribution in [0.5, 0.6) is 0 Å². The van der Waals surface area contributed by atoms with Crippen molar-refractivity contribution in [3.05, 3.63) is 0 Å². The Balaban J connectivity index is 2.56. The molecular weight excluding hydrogens is 232 g/mol. The topological polar surface area (TPSA) is 69.6 Å². The summed E-state index contributed by atoms with van der Waals surface area (Å²) in [5, 5.41) is 11.6. The van der Waals surface area contributed by atoms with Gasteiger partial charge in [-0.25, -0.2) is 4.79 Å². The first kappa shape index (κ1) is 14.4. The Kier molecular flexibility index (Phi) is 5.02. The Bertz CT molecular complexity index is 362. The molecule has 0 radical (unpaired) electrons. The molecule has 2 amide bonds. The second kappa shape index (κ2) is 6.29. The Labute approximate surface area is 108 Å². The Morgan fingerprint density at radius 3 is 2.56 bits per heavy atom. The van der Waals surface area contributed by atoms with E-state index in [9.17, 15) is 9.59 Å². The average Bonchev–Trinajstić information content (AvgIpc) is 2.60. The molecule has 2 N–H and O–H groups in total. The minimum atomic E-state index is -1.06. The third-order valence-electron chi connectivity index (χ3n) is 3.67. The lowest BCUT2D eigenvalue weighted by Crippen LogP contribution is -2.47. The molecule has 0 saturated heterocycles. The van der Waals surface area contributed by atoms with Gasteiger partial charge in [0.1, 0.15) is 6.54 Å². The molecule has 0 spiro atoms. The van der Waals surface area contributed by atoms with E-state index in [2.05, 4.69) is 25.1 Å². The van der Waals surface area contributed by atoms with Gasteiger partial charge in [0.25, 0.3) is 0 Å². The highest BCUT2D eigenvalue weighted by Gasteiger charge is 2.31. The SMILES string of the molecule is C#CCN(CC(=O)O)C(=O)NC1CCC(C)C1C. The van der Waals surface area contributed by atoms with E-state index in [0.717, 1.165) is 17.7 Å². The van der Waals surface area contributed by atoms with Crippen LogP contribution < -0.4 is 5.32 Å². The quantitative estimate of drug-likeness (QED) is 0.737. The second-order valence-corrected chi connectivity index (χ2v) is 4.92. The summed E-state index contributed by atoms with van der Waals surface area (Å²) in [6.45, 7) is 3.90. The average molecular weight is 252 g/mol. The molecule has 0 aromatic heterocycles. The van der Waals surface area contributed by atoms with Gasteiger partial charge in [-0.2, -0.15) is 0 Å². The van der Waals surface area contributed by atoms with E-state index in [0.29, 0.717) is 11.8 Å². The molecule has 0 aromatic carbocycles. The summed E-state index contributed by atoms with van der Waals surface area (Å²) in [5.74, 6) is 2.23. The number of carboxylic acids is 1. The van der Waals surface area contributed by atoms with Crippen LogP contribution in [0.25, 0.3) is 0 Å². The molecular formula is C13H20N2O3. The number of carbonyl (C=O) groups excluding carboxylic acids is 1. The van der Waals surface area contributed by atoms with Crippen LogP contribution in [0.2, 0.25) is 0 Å². The van der Waals surface area contributed by atoms with Gasteiger partial charge in [0, 0.05) is 6.04 Å². The first-order valence-electron chi connectivity index (χ1n) is 6.16. The van der Waals surface area contributed by atoms with E-state index in [1.807, 2.05) is 0 Å². The number of rotatable bonds is 4. The number of aliphatic carboxylic acids is 1. The van der Waals surface area contributed by atoms with Crippen molar-refractivity contribution in [2.24, 2.45) is 11.8 Å². The summed E-state index contributed by atoms with van der Waals surface area (Å²) >= 11 is 0. The predicted octanol–water partition coefficient (Wildman–Crippen LogP) is 1.15. The van der Waals surface area contributed by atoms with E-state index in [-0.39, 0.29) is 25.2 Å². The molecule has 0 aliphatic heterocycles. The number of urea groups is 1. The zero-order valence-corrected chi connectivity index (χ0v) is 10.8. The van der Waals surface area contributed by atoms with E-state index in [1.165, 1.54) is 0 Å². The van der Waals surface area contributed by atoms with Crippen molar-refractivity contribution in [3.63, 3.8) is 0 Å². The Morgan fingerprint density at radius 1 is 1.44 bits per heavy atom. The van der Waals surface area contributed by atoms with Crippen molar-refractivity contribution in [1.29, 1.82) is 0 Å². The van der Waals surface area contributed by atoms with E-state index >= 15 is 0 Å². The molecule has 100 valence electrons. The molecule has 1 aliphatic carbocycles. The van der Waals surface area contributed by atoms with Gasteiger partial charge >= 0.3 is 12.0 Å². The van der Waals surface area contributed by atoms with Gasteiger partial charge in [0.2, 0.25) is 0 Å². The molecule has 1 fully saturated rings. The van der Waals surface area contributed by atoms with Crippen LogP contribution in [-0.4, -0.2) is 41.1 Å². The number of carboxylic acid groups (broad SMARTS) is 1. The van der Waals surface area contributed by atoms with Crippen molar-refractivity contribution < 1.29 is 14.7 Å². The number of nitrogens with one attached hydrogen (secondary N) is 1. The van der Waals surface area contributed by atoms with E-state index in [1.54, 1.807) is 0 Å². The molecule has 1 aliphatic rings. The first-order valence-corrected chi connectivity index (χ1v) is 6.16. The summed E-state index contributed by atoms with van der Waals surface area (Å²) in [7, 11) is 0. The van der Waals surface area contributed by atoms with Crippen molar-refractivity contribution in [2.45, 2.75) is 32.7 Å². The van der Waals surface area contributed by atoms with Gasteiger partial charge in [-0.3, -0.25) is 4.79 Å². The molecule has 1 saturated carbocycles. The third-order valence-corrected chi connectivity index (χ3v) is 3.67. The standard InChI is InChI=1S/C13H20N2O3/c1-4-7-15(8-12(16)17)13(18)14-11-6-5-9(2)10(11)3/h1,9-11H,5-8H2,2-3H3,(H,14,18)(H,16,17). The summed E-state index contributed by atoms with van der Waals surface area (Å²) in [6, 6.07) is -0.275. The maximum absolute atomic E-state index is 11.9. The molecule has 0 heterocycles. The van der Waals surface area contributed by atoms with Crippen LogP contribution >= 0.6 is 0 Å². The van der Waals surface area contributed by atoms with Crippen LogP contribution in [0, 0.1) is 24.2 Å². The normalized spacial score (nSPS) is 26.4. The van der Waals surface area contributed by atoms with Crippen LogP contribution in [-0.2, 0) is 4.79 Å². The lowest BCUT2D eigenvalue weighted by molar-refractivity contribution is -0.137. The summed E-state index contributed by atoms with van der Waals surface area (Å²) in [6.07, 6.45) is 7.15. The van der Waals surface area contributed by atoms with Crippen molar-refractivity contribution >= 4 is 12.0 Å². The molecule has 18 heavy (non-hydrogen) atoms. The van der Waals surface area contributed by atoms with Crippen molar-refractivity contribution in [2.75, 3.05) is 13.1 Å². The molecule has 3 unspecified atom stereocenters. The van der Waals surface area contributed by atoms with Gasteiger partial charge < -0.3 is 15.3 Å². The zero-order valence-electron chi connectivity index (χ0n) is 10.8. The fraction of sp³-hybridized carbons (Fsp3) is 0.692. The highest BCUT2D eigenvalue weighted by Crippen LogP contribution is 2.31. The largest absolute Gasteiger partial charge is 0.480 e. The lowest BCUT2D eigenvalue weighted by atomic mass is 9.98. The molecule has 5 heteroatoms. The molecule has 5 nitrogen and oxygen atoms in total.